The smallest absolute Gasteiger partial charge is 0.255 e. The van der Waals surface area contributed by atoms with Gasteiger partial charge in [-0.2, -0.15) is 0 Å². The summed E-state index contributed by atoms with van der Waals surface area (Å²) in [5.74, 6) is 0.428. The van der Waals surface area contributed by atoms with Crippen molar-refractivity contribution in [1.82, 2.24) is 5.32 Å². The SMILES string of the molecule is COc1ccccc1C(=O)NCc1cccc[nH+]1. The molecule has 0 bridgehead atoms. The fourth-order valence-electron chi connectivity index (χ4n) is 1.64. The number of amides is 1. The number of carbonyl (C=O) groups excluding carboxylic acids is 1. The Bertz CT molecular complexity index is 526. The van der Waals surface area contributed by atoms with Gasteiger partial charge in [0.2, 0.25) is 0 Å². The first-order chi connectivity index (χ1) is 8.81. The number of hydrogen-bond acceptors (Lipinski definition) is 2. The van der Waals surface area contributed by atoms with E-state index in [1.807, 2.05) is 36.5 Å². The minimum atomic E-state index is -0.148. The van der Waals surface area contributed by atoms with Gasteiger partial charge in [-0.05, 0) is 12.1 Å². The molecule has 4 nitrogen and oxygen atoms in total. The van der Waals surface area contributed by atoms with Gasteiger partial charge in [0.05, 0.1) is 12.7 Å². The third kappa shape index (κ3) is 2.85. The van der Waals surface area contributed by atoms with Crippen molar-refractivity contribution in [1.29, 1.82) is 0 Å². The molecule has 2 rings (SSSR count). The van der Waals surface area contributed by atoms with Crippen molar-refractivity contribution in [2.45, 2.75) is 6.54 Å². The molecule has 18 heavy (non-hydrogen) atoms. The number of pyridine rings is 1. The zero-order chi connectivity index (χ0) is 12.8. The van der Waals surface area contributed by atoms with E-state index in [1.165, 1.54) is 0 Å². The number of ether oxygens (including phenoxy) is 1. The minimum Gasteiger partial charge on any atom is -0.496 e. The number of H-pyrrole nitrogens is 1. The number of aromatic amines is 1. The Labute approximate surface area is 106 Å². The molecule has 2 aromatic rings. The molecule has 0 aliphatic rings. The van der Waals surface area contributed by atoms with E-state index in [4.69, 9.17) is 4.74 Å². The minimum absolute atomic E-state index is 0.148. The van der Waals surface area contributed by atoms with Crippen LogP contribution in [0, 0.1) is 0 Å². The van der Waals surface area contributed by atoms with Gasteiger partial charge in [-0.25, -0.2) is 4.98 Å². The predicted molar refractivity (Wildman–Crippen MR) is 67.2 cm³/mol. The monoisotopic (exact) mass is 243 g/mol. The van der Waals surface area contributed by atoms with Gasteiger partial charge in [0.15, 0.2) is 11.9 Å². The summed E-state index contributed by atoms with van der Waals surface area (Å²) in [6.07, 6.45) is 1.82. The van der Waals surface area contributed by atoms with Gasteiger partial charge in [0.1, 0.15) is 12.3 Å². The van der Waals surface area contributed by atoms with E-state index in [-0.39, 0.29) is 5.91 Å². The van der Waals surface area contributed by atoms with Crippen LogP contribution < -0.4 is 15.0 Å². The molecule has 0 saturated heterocycles. The van der Waals surface area contributed by atoms with E-state index in [1.54, 1.807) is 19.2 Å². The lowest BCUT2D eigenvalue weighted by Gasteiger charge is -2.07. The summed E-state index contributed by atoms with van der Waals surface area (Å²) in [6.45, 7) is 0.456. The Morgan fingerprint density at radius 1 is 1.22 bits per heavy atom. The van der Waals surface area contributed by atoms with Crippen LogP contribution in [0.1, 0.15) is 16.1 Å². The van der Waals surface area contributed by atoms with E-state index in [0.717, 1.165) is 5.69 Å². The van der Waals surface area contributed by atoms with E-state index in [0.29, 0.717) is 17.9 Å². The standard InChI is InChI=1S/C14H14N2O2/c1-18-13-8-3-2-7-12(13)14(17)16-10-11-6-4-5-9-15-11/h2-9H,10H2,1H3,(H,16,17)/p+1. The summed E-state index contributed by atoms with van der Waals surface area (Å²) >= 11 is 0. The lowest BCUT2D eigenvalue weighted by Crippen LogP contribution is -2.26. The Kier molecular flexibility index (Phi) is 3.91. The largest absolute Gasteiger partial charge is 0.496 e. The van der Waals surface area contributed by atoms with Crippen molar-refractivity contribution in [3.05, 3.63) is 59.9 Å². The first kappa shape index (κ1) is 12.1. The molecular formula is C14H15N2O2+. The molecule has 0 aliphatic heterocycles. The molecule has 4 heteroatoms. The Morgan fingerprint density at radius 3 is 2.72 bits per heavy atom. The van der Waals surface area contributed by atoms with Crippen LogP contribution >= 0.6 is 0 Å². The zero-order valence-corrected chi connectivity index (χ0v) is 10.1. The maximum absolute atomic E-state index is 12.0. The molecule has 1 heterocycles. The van der Waals surface area contributed by atoms with Crippen LogP contribution in [0.2, 0.25) is 0 Å². The van der Waals surface area contributed by atoms with Crippen molar-refractivity contribution in [3.63, 3.8) is 0 Å². The van der Waals surface area contributed by atoms with Gasteiger partial charge < -0.3 is 10.1 Å². The van der Waals surface area contributed by atoms with Crippen molar-refractivity contribution in [3.8, 4) is 5.75 Å². The van der Waals surface area contributed by atoms with Crippen molar-refractivity contribution >= 4 is 5.91 Å². The number of benzene rings is 1. The first-order valence-corrected chi connectivity index (χ1v) is 5.68. The summed E-state index contributed by atoms with van der Waals surface area (Å²) in [7, 11) is 1.55. The lowest BCUT2D eigenvalue weighted by molar-refractivity contribution is -0.390. The predicted octanol–water partition coefficient (Wildman–Crippen LogP) is 1.44. The number of rotatable bonds is 4. The Hall–Kier alpha value is -2.36. The second-order valence-corrected chi connectivity index (χ2v) is 3.77. The fraction of sp³-hybridized carbons (Fsp3) is 0.143. The molecule has 1 amide bonds. The second kappa shape index (κ2) is 5.82. The first-order valence-electron chi connectivity index (χ1n) is 5.68. The molecular weight excluding hydrogens is 228 g/mol. The molecule has 0 fully saturated rings. The number of para-hydroxylation sites is 1. The summed E-state index contributed by atoms with van der Waals surface area (Å²) in [5.41, 5.74) is 1.48. The normalized spacial score (nSPS) is 9.83. The van der Waals surface area contributed by atoms with Crippen molar-refractivity contribution < 1.29 is 14.5 Å². The van der Waals surface area contributed by atoms with E-state index >= 15 is 0 Å². The molecule has 0 unspecified atom stereocenters. The molecule has 0 saturated carbocycles. The molecule has 1 aromatic carbocycles. The summed E-state index contributed by atoms with van der Waals surface area (Å²) < 4.78 is 5.15. The number of aromatic nitrogens is 1. The zero-order valence-electron chi connectivity index (χ0n) is 10.1. The van der Waals surface area contributed by atoms with Crippen LogP contribution in [0.15, 0.2) is 48.7 Å². The molecule has 0 radical (unpaired) electrons. The third-order valence-corrected chi connectivity index (χ3v) is 2.56. The average Bonchev–Trinajstić information content (AvgIpc) is 2.45. The van der Waals surface area contributed by atoms with Crippen LogP contribution in [0.5, 0.6) is 5.75 Å². The lowest BCUT2D eigenvalue weighted by atomic mass is 10.2. The molecule has 0 spiro atoms. The number of nitrogens with one attached hydrogen (secondary N) is 2. The van der Waals surface area contributed by atoms with Gasteiger partial charge in [0, 0.05) is 12.1 Å². The number of carbonyl (C=O) groups is 1. The summed E-state index contributed by atoms with van der Waals surface area (Å²) in [4.78, 5) is 15.1. The number of hydrogen-bond donors (Lipinski definition) is 1. The van der Waals surface area contributed by atoms with E-state index < -0.39 is 0 Å². The highest BCUT2D eigenvalue weighted by atomic mass is 16.5. The highest BCUT2D eigenvalue weighted by Crippen LogP contribution is 2.16. The van der Waals surface area contributed by atoms with Gasteiger partial charge in [-0.1, -0.05) is 18.2 Å². The van der Waals surface area contributed by atoms with Crippen LogP contribution in [0.3, 0.4) is 0 Å². The molecule has 2 N–H and O–H groups in total. The Balaban J connectivity index is 2.04. The van der Waals surface area contributed by atoms with Crippen LogP contribution in [0.4, 0.5) is 0 Å². The second-order valence-electron chi connectivity index (χ2n) is 3.77. The highest BCUT2D eigenvalue weighted by molar-refractivity contribution is 5.96. The van der Waals surface area contributed by atoms with Gasteiger partial charge in [0.25, 0.3) is 5.91 Å². The molecule has 1 aromatic heterocycles. The molecule has 0 atom stereocenters. The fourth-order valence-corrected chi connectivity index (χ4v) is 1.64. The van der Waals surface area contributed by atoms with Crippen LogP contribution in [-0.2, 0) is 6.54 Å². The summed E-state index contributed by atoms with van der Waals surface area (Å²) in [6, 6.07) is 12.9. The van der Waals surface area contributed by atoms with E-state index in [2.05, 4.69) is 10.3 Å². The van der Waals surface area contributed by atoms with Crippen molar-refractivity contribution in [2.75, 3.05) is 7.11 Å². The van der Waals surface area contributed by atoms with Crippen LogP contribution in [-0.4, -0.2) is 13.0 Å². The Morgan fingerprint density at radius 2 is 2.00 bits per heavy atom. The molecule has 0 aliphatic carbocycles. The maximum Gasteiger partial charge on any atom is 0.255 e. The number of methoxy groups -OCH3 is 1. The van der Waals surface area contributed by atoms with Gasteiger partial charge >= 0.3 is 0 Å². The quantitative estimate of drug-likeness (QED) is 0.883. The highest BCUT2D eigenvalue weighted by Gasteiger charge is 2.11. The topological polar surface area (TPSA) is 52.5 Å². The van der Waals surface area contributed by atoms with Crippen molar-refractivity contribution in [2.24, 2.45) is 0 Å². The summed E-state index contributed by atoms with van der Waals surface area (Å²) in [5, 5.41) is 2.84. The van der Waals surface area contributed by atoms with E-state index in [9.17, 15) is 4.79 Å². The van der Waals surface area contributed by atoms with Gasteiger partial charge in [-0.15, -0.1) is 0 Å². The van der Waals surface area contributed by atoms with Crippen LogP contribution in [0.25, 0.3) is 0 Å². The third-order valence-electron chi connectivity index (χ3n) is 2.56. The average molecular weight is 243 g/mol. The van der Waals surface area contributed by atoms with Gasteiger partial charge in [-0.3, -0.25) is 4.79 Å². The maximum atomic E-state index is 12.0. The molecule has 92 valence electrons.